The first-order chi connectivity index (χ1) is 13.2. The van der Waals surface area contributed by atoms with E-state index in [1.807, 2.05) is 0 Å². The van der Waals surface area contributed by atoms with Gasteiger partial charge in [-0.1, -0.05) is 0 Å². The topological polar surface area (TPSA) is 0 Å². The zero-order chi connectivity index (χ0) is 27.0. The standard InChI is InChI=1S/C9F22Si/c10-1(11,3(14,15)6(20,21)22)2(12,13)4(16,17)8(26,27)32(30,31)9(28,29)5(18,19)7(23,24)25. The predicted octanol–water partition coefficient (Wildman–Crippen LogP) is 7.02. The predicted molar refractivity (Wildman–Crippen MR) is 54.7 cm³/mol. The van der Waals surface area contributed by atoms with Crippen molar-refractivity contribution in [2.75, 3.05) is 0 Å². The molecule has 0 heterocycles. The fraction of sp³-hybridized carbons (Fsp3) is 1.00. The number of alkyl halides is 20. The van der Waals surface area contributed by atoms with E-state index in [0.29, 0.717) is 0 Å². The molecule has 0 nitrogen and oxygen atoms in total. The molecule has 0 atom stereocenters. The maximum Gasteiger partial charge on any atom is 0.574 e. The molecule has 0 spiro atoms. The summed E-state index contributed by atoms with van der Waals surface area (Å²) in [6, 6.07) is 0. The molecular weight excluding hydrogens is 554 g/mol. The van der Waals surface area contributed by atoms with Gasteiger partial charge in [0.1, 0.15) is 0 Å². The Balaban J connectivity index is 7.00. The molecule has 0 radical (unpaired) electrons. The first-order valence-electron chi connectivity index (χ1n) is 6.41. The smallest absolute Gasteiger partial charge is 0.257 e. The van der Waals surface area contributed by atoms with Gasteiger partial charge >= 0.3 is 61.8 Å². The lowest BCUT2D eigenvalue weighted by molar-refractivity contribution is -0.436. The second kappa shape index (κ2) is 7.09. The van der Waals surface area contributed by atoms with Gasteiger partial charge in [-0.2, -0.15) is 87.8 Å². The van der Waals surface area contributed by atoms with Crippen LogP contribution in [0.1, 0.15) is 0 Å². The summed E-state index contributed by atoms with van der Waals surface area (Å²) >= 11 is 0. The summed E-state index contributed by atoms with van der Waals surface area (Å²) in [5.74, 6) is -44.0. The summed E-state index contributed by atoms with van der Waals surface area (Å²) < 4.78 is 277. The van der Waals surface area contributed by atoms with Crippen LogP contribution in [0, 0.1) is 0 Å². The molecule has 0 bridgehead atoms. The third-order valence-electron chi connectivity index (χ3n) is 3.47. The van der Waals surface area contributed by atoms with Crippen molar-refractivity contribution in [3.8, 4) is 0 Å². The molecule has 0 aliphatic rings. The quantitative estimate of drug-likeness (QED) is 0.181. The van der Waals surface area contributed by atoms with Crippen molar-refractivity contribution in [2.45, 2.75) is 53.1 Å². The van der Waals surface area contributed by atoms with Crippen molar-refractivity contribution in [3.05, 3.63) is 0 Å². The monoisotopic (exact) mass is 554 g/mol. The van der Waals surface area contributed by atoms with Crippen LogP contribution in [0.15, 0.2) is 0 Å². The van der Waals surface area contributed by atoms with Crippen LogP contribution in [-0.4, -0.2) is 61.8 Å². The van der Waals surface area contributed by atoms with Gasteiger partial charge in [0.25, 0.3) is 0 Å². The van der Waals surface area contributed by atoms with Gasteiger partial charge in [0.15, 0.2) is 0 Å². The summed E-state index contributed by atoms with van der Waals surface area (Å²) in [5, 5.41) is 0. The van der Waals surface area contributed by atoms with E-state index in [2.05, 4.69) is 0 Å². The molecular formula is C9F22Si. The molecule has 0 N–H and O–H groups in total. The third-order valence-corrected chi connectivity index (χ3v) is 5.68. The fourth-order valence-electron chi connectivity index (χ4n) is 1.54. The van der Waals surface area contributed by atoms with Crippen molar-refractivity contribution in [1.29, 1.82) is 0 Å². The first-order valence-corrected chi connectivity index (χ1v) is 8.16. The molecule has 0 aliphatic carbocycles. The first kappa shape index (κ1) is 30.7. The van der Waals surface area contributed by atoms with E-state index in [0.717, 1.165) is 0 Å². The zero-order valence-corrected chi connectivity index (χ0v) is 14.3. The highest BCUT2D eigenvalue weighted by molar-refractivity contribution is 6.71. The lowest BCUT2D eigenvalue weighted by Crippen LogP contribution is -2.79. The summed E-state index contributed by atoms with van der Waals surface area (Å²) in [7, 11) is -11.1. The van der Waals surface area contributed by atoms with Gasteiger partial charge in [-0.05, 0) is 0 Å². The van der Waals surface area contributed by atoms with Crippen LogP contribution in [-0.2, 0) is 0 Å². The fourth-order valence-corrected chi connectivity index (χ4v) is 3.02. The summed E-state index contributed by atoms with van der Waals surface area (Å²) in [6.07, 6.45) is -16.0. The minimum Gasteiger partial charge on any atom is -0.257 e. The molecule has 0 amide bonds. The molecule has 0 aromatic rings. The highest BCUT2D eigenvalue weighted by Gasteiger charge is 2.99. The van der Waals surface area contributed by atoms with E-state index >= 15 is 0 Å². The molecule has 0 aromatic heterocycles. The maximum absolute atomic E-state index is 13.1. The van der Waals surface area contributed by atoms with Crippen molar-refractivity contribution in [2.24, 2.45) is 0 Å². The van der Waals surface area contributed by atoms with Gasteiger partial charge in [-0.25, -0.2) is 0 Å². The van der Waals surface area contributed by atoms with Crippen molar-refractivity contribution >= 4 is 8.74 Å². The van der Waals surface area contributed by atoms with Crippen LogP contribution in [0.25, 0.3) is 0 Å². The lowest BCUT2D eigenvalue weighted by Gasteiger charge is -2.42. The van der Waals surface area contributed by atoms with E-state index in [4.69, 9.17) is 0 Å². The Morgan fingerprint density at radius 3 is 0.750 bits per heavy atom. The van der Waals surface area contributed by atoms with Gasteiger partial charge in [0.05, 0.1) is 0 Å². The molecule has 0 saturated carbocycles. The summed E-state index contributed by atoms with van der Waals surface area (Å²) in [6.45, 7) is 0. The molecule has 0 saturated heterocycles. The Bertz CT molecular complexity index is 631. The van der Waals surface area contributed by atoms with Gasteiger partial charge in [-0.3, -0.25) is 8.22 Å². The number of hydrogen-bond donors (Lipinski definition) is 0. The third kappa shape index (κ3) is 3.46. The van der Waals surface area contributed by atoms with E-state index in [9.17, 15) is 96.0 Å². The summed E-state index contributed by atoms with van der Waals surface area (Å²) in [5.41, 5.74) is -17.9. The van der Waals surface area contributed by atoms with Crippen LogP contribution in [0.2, 0.25) is 0 Å². The van der Waals surface area contributed by atoms with Crippen molar-refractivity contribution < 1.29 is 96.0 Å². The van der Waals surface area contributed by atoms with Crippen molar-refractivity contribution in [3.63, 3.8) is 0 Å². The SMILES string of the molecule is FC(F)(F)C(F)(F)C(F)(F)C(F)(F)C(F)(F)C(F)(F)[Si](F)(F)C(F)(F)C(F)(F)C(F)(F)F. The molecule has 23 heteroatoms. The van der Waals surface area contributed by atoms with E-state index in [-0.39, 0.29) is 0 Å². The molecule has 0 rings (SSSR count). The average Bonchev–Trinajstić information content (AvgIpc) is 2.51. The van der Waals surface area contributed by atoms with Gasteiger partial charge in [0.2, 0.25) is 0 Å². The second-order valence-electron chi connectivity index (χ2n) is 5.59. The minimum absolute atomic E-state index is 7.99. The number of rotatable bonds is 7. The van der Waals surface area contributed by atoms with Gasteiger partial charge in [0, 0.05) is 0 Å². The zero-order valence-electron chi connectivity index (χ0n) is 13.3. The van der Waals surface area contributed by atoms with E-state index in [1.54, 1.807) is 0 Å². The molecule has 194 valence electrons. The van der Waals surface area contributed by atoms with Crippen molar-refractivity contribution in [1.82, 2.24) is 0 Å². The molecule has 0 unspecified atom stereocenters. The number of halogens is 22. The minimum atomic E-state index is -11.1. The van der Waals surface area contributed by atoms with Crippen LogP contribution in [0.5, 0.6) is 0 Å². The van der Waals surface area contributed by atoms with E-state index in [1.165, 1.54) is 0 Å². The number of hydrogen-bond acceptors (Lipinski definition) is 0. The summed E-state index contributed by atoms with van der Waals surface area (Å²) in [4.78, 5) is 0. The molecule has 32 heavy (non-hydrogen) atoms. The Labute approximate surface area is 159 Å². The van der Waals surface area contributed by atoms with Crippen LogP contribution < -0.4 is 0 Å². The van der Waals surface area contributed by atoms with Crippen LogP contribution in [0.4, 0.5) is 96.0 Å². The van der Waals surface area contributed by atoms with Crippen LogP contribution >= 0.6 is 0 Å². The van der Waals surface area contributed by atoms with Crippen LogP contribution in [0.3, 0.4) is 0 Å². The Morgan fingerprint density at radius 1 is 0.281 bits per heavy atom. The average molecular weight is 554 g/mol. The van der Waals surface area contributed by atoms with Gasteiger partial charge in [-0.15, -0.1) is 0 Å². The highest BCUT2D eigenvalue weighted by Crippen LogP contribution is 2.64. The second-order valence-corrected chi connectivity index (χ2v) is 8.00. The van der Waals surface area contributed by atoms with Gasteiger partial charge < -0.3 is 0 Å². The Hall–Kier alpha value is -1.32. The molecule has 0 fully saturated rings. The maximum atomic E-state index is 13.1. The largest absolute Gasteiger partial charge is 0.574 e. The lowest BCUT2D eigenvalue weighted by atomic mass is 9.98. The normalized spacial score (nSPS) is 17.1. The highest BCUT2D eigenvalue weighted by atomic mass is 28.4. The van der Waals surface area contributed by atoms with E-state index < -0.39 is 61.8 Å². The molecule has 0 aromatic carbocycles. The Kier molecular flexibility index (Phi) is 6.80. The molecule has 0 aliphatic heterocycles. The Morgan fingerprint density at radius 2 is 0.500 bits per heavy atom.